The van der Waals surface area contributed by atoms with Gasteiger partial charge in [-0.05, 0) is 18.2 Å². The van der Waals surface area contributed by atoms with E-state index in [9.17, 15) is 4.79 Å². The van der Waals surface area contributed by atoms with E-state index in [-0.39, 0.29) is 5.69 Å². The number of hydrogen-bond donors (Lipinski definition) is 1. The monoisotopic (exact) mass is 300 g/mol. The van der Waals surface area contributed by atoms with Crippen molar-refractivity contribution in [1.29, 1.82) is 0 Å². The van der Waals surface area contributed by atoms with Crippen molar-refractivity contribution in [2.45, 2.75) is 9.92 Å². The Balaban J connectivity index is 2.23. The van der Waals surface area contributed by atoms with Gasteiger partial charge in [0.1, 0.15) is 5.03 Å². The summed E-state index contributed by atoms with van der Waals surface area (Å²) in [5.74, 6) is -1.11. The summed E-state index contributed by atoms with van der Waals surface area (Å²) >= 11 is 13.1. The lowest BCUT2D eigenvalue weighted by molar-refractivity contribution is 0.0689. The summed E-state index contributed by atoms with van der Waals surface area (Å²) in [5, 5.41) is 10.4. The summed E-state index contributed by atoms with van der Waals surface area (Å²) in [6.45, 7) is 0. The maximum Gasteiger partial charge on any atom is 0.356 e. The highest BCUT2D eigenvalue weighted by atomic mass is 35.5. The Hall–Kier alpha value is -1.30. The third-order valence-corrected chi connectivity index (χ3v) is 3.61. The molecule has 0 unspecified atom stereocenters. The van der Waals surface area contributed by atoms with Crippen LogP contribution in [0.4, 0.5) is 0 Å². The van der Waals surface area contributed by atoms with Gasteiger partial charge in [0.15, 0.2) is 5.69 Å². The molecule has 0 radical (unpaired) electrons. The van der Waals surface area contributed by atoms with Crippen LogP contribution in [0.1, 0.15) is 10.5 Å². The van der Waals surface area contributed by atoms with E-state index < -0.39 is 5.97 Å². The molecular formula is C11H6Cl2N2O2S. The normalized spacial score (nSPS) is 10.3. The lowest BCUT2D eigenvalue weighted by Gasteiger charge is -2.03. The van der Waals surface area contributed by atoms with Crippen molar-refractivity contribution >= 4 is 40.9 Å². The summed E-state index contributed by atoms with van der Waals surface area (Å²) < 4.78 is 0. The highest BCUT2D eigenvalue weighted by Crippen LogP contribution is 2.33. The summed E-state index contributed by atoms with van der Waals surface area (Å²) in [7, 11) is 0. The maximum absolute atomic E-state index is 10.6. The summed E-state index contributed by atoms with van der Waals surface area (Å²) in [4.78, 5) is 19.1. The van der Waals surface area contributed by atoms with Gasteiger partial charge in [-0.2, -0.15) is 0 Å². The van der Waals surface area contributed by atoms with Crippen LogP contribution in [-0.4, -0.2) is 21.0 Å². The molecule has 1 aromatic carbocycles. The molecule has 2 rings (SSSR count). The number of nitrogens with zero attached hydrogens (tertiary/aromatic N) is 2. The molecule has 0 fully saturated rings. The van der Waals surface area contributed by atoms with Crippen LogP contribution in [0.3, 0.4) is 0 Å². The van der Waals surface area contributed by atoms with Crippen molar-refractivity contribution in [1.82, 2.24) is 9.97 Å². The van der Waals surface area contributed by atoms with Gasteiger partial charge >= 0.3 is 5.97 Å². The summed E-state index contributed by atoms with van der Waals surface area (Å²) in [6.07, 6.45) is 2.58. The molecular weight excluding hydrogens is 295 g/mol. The van der Waals surface area contributed by atoms with Crippen LogP contribution in [0.15, 0.2) is 40.5 Å². The first-order chi connectivity index (χ1) is 8.56. The van der Waals surface area contributed by atoms with Crippen molar-refractivity contribution in [2.75, 3.05) is 0 Å². The van der Waals surface area contributed by atoms with Crippen molar-refractivity contribution < 1.29 is 9.90 Å². The Bertz CT molecular complexity index is 590. The van der Waals surface area contributed by atoms with E-state index in [2.05, 4.69) is 9.97 Å². The van der Waals surface area contributed by atoms with Gasteiger partial charge in [0.25, 0.3) is 0 Å². The molecule has 0 saturated carbocycles. The third-order valence-electron chi connectivity index (χ3n) is 1.96. The largest absolute Gasteiger partial charge is 0.476 e. The van der Waals surface area contributed by atoms with E-state index >= 15 is 0 Å². The highest BCUT2D eigenvalue weighted by Gasteiger charge is 2.08. The average molecular weight is 301 g/mol. The molecule has 1 aromatic heterocycles. The number of rotatable bonds is 3. The molecule has 0 aliphatic carbocycles. The Morgan fingerprint density at radius 1 is 1.22 bits per heavy atom. The fraction of sp³-hybridized carbons (Fsp3) is 0. The predicted molar refractivity (Wildman–Crippen MR) is 69.6 cm³/mol. The van der Waals surface area contributed by atoms with Crippen LogP contribution in [0, 0.1) is 0 Å². The molecule has 0 aliphatic heterocycles. The number of aromatic carboxylic acids is 1. The van der Waals surface area contributed by atoms with Gasteiger partial charge in [-0.15, -0.1) is 0 Å². The molecule has 92 valence electrons. The molecule has 7 heteroatoms. The topological polar surface area (TPSA) is 63.1 Å². The molecule has 0 bridgehead atoms. The van der Waals surface area contributed by atoms with E-state index in [4.69, 9.17) is 28.3 Å². The van der Waals surface area contributed by atoms with E-state index in [1.54, 1.807) is 18.2 Å². The van der Waals surface area contributed by atoms with Gasteiger partial charge in [0.2, 0.25) is 0 Å². The average Bonchev–Trinajstić information content (AvgIpc) is 2.34. The minimum Gasteiger partial charge on any atom is -0.476 e. The zero-order valence-electron chi connectivity index (χ0n) is 8.80. The number of carbonyl (C=O) groups is 1. The number of carboxylic acid groups (broad SMARTS) is 1. The van der Waals surface area contributed by atoms with Crippen LogP contribution in [0.25, 0.3) is 0 Å². The number of carboxylic acids is 1. The molecule has 0 saturated heterocycles. The maximum atomic E-state index is 10.6. The molecule has 18 heavy (non-hydrogen) atoms. The second-order valence-electron chi connectivity index (χ2n) is 3.22. The number of aromatic nitrogens is 2. The minimum absolute atomic E-state index is 0.100. The fourth-order valence-corrected chi connectivity index (χ4v) is 2.41. The standard InChI is InChI=1S/C11H6Cl2N2O2S/c12-6-1-2-7(13)9(3-6)18-10-5-14-8(4-15-10)11(16)17/h1-5H,(H,16,17). The lowest BCUT2D eigenvalue weighted by Crippen LogP contribution is -2.00. The first-order valence-corrected chi connectivity index (χ1v) is 6.32. The van der Waals surface area contributed by atoms with E-state index in [0.717, 1.165) is 4.90 Å². The lowest BCUT2D eigenvalue weighted by atomic mass is 10.4. The van der Waals surface area contributed by atoms with Gasteiger partial charge in [0.05, 0.1) is 17.4 Å². The fourth-order valence-electron chi connectivity index (χ4n) is 1.15. The first kappa shape index (κ1) is 13.1. The zero-order chi connectivity index (χ0) is 13.1. The van der Waals surface area contributed by atoms with Crippen LogP contribution in [-0.2, 0) is 0 Å². The molecule has 4 nitrogen and oxygen atoms in total. The quantitative estimate of drug-likeness (QED) is 0.937. The predicted octanol–water partition coefficient (Wildman–Crippen LogP) is 3.63. The Kier molecular flexibility index (Phi) is 4.06. The molecule has 0 aliphatic rings. The SMILES string of the molecule is O=C(O)c1cnc(Sc2cc(Cl)ccc2Cl)cn1. The van der Waals surface area contributed by atoms with Crippen molar-refractivity contribution in [3.05, 3.63) is 46.3 Å². The molecule has 1 heterocycles. The smallest absolute Gasteiger partial charge is 0.356 e. The number of halogens is 2. The Morgan fingerprint density at radius 3 is 2.61 bits per heavy atom. The van der Waals surface area contributed by atoms with Gasteiger partial charge in [-0.1, -0.05) is 35.0 Å². The summed E-state index contributed by atoms with van der Waals surface area (Å²) in [6, 6.07) is 5.08. The second kappa shape index (κ2) is 5.56. The van der Waals surface area contributed by atoms with Gasteiger partial charge in [-0.3, -0.25) is 0 Å². The minimum atomic E-state index is -1.11. The van der Waals surface area contributed by atoms with Crippen LogP contribution >= 0.6 is 35.0 Å². The first-order valence-electron chi connectivity index (χ1n) is 4.74. The third kappa shape index (κ3) is 3.13. The van der Waals surface area contributed by atoms with E-state index in [1.165, 1.54) is 24.2 Å². The van der Waals surface area contributed by atoms with Crippen LogP contribution in [0.2, 0.25) is 10.0 Å². The highest BCUT2D eigenvalue weighted by molar-refractivity contribution is 7.99. The van der Waals surface area contributed by atoms with E-state index in [1.807, 2.05) is 0 Å². The van der Waals surface area contributed by atoms with Gasteiger partial charge < -0.3 is 5.11 Å². The van der Waals surface area contributed by atoms with Crippen LogP contribution in [0.5, 0.6) is 0 Å². The van der Waals surface area contributed by atoms with E-state index in [0.29, 0.717) is 15.1 Å². The molecule has 0 spiro atoms. The van der Waals surface area contributed by atoms with Crippen molar-refractivity contribution in [3.63, 3.8) is 0 Å². The summed E-state index contributed by atoms with van der Waals surface area (Å²) in [5.41, 5.74) is -0.100. The zero-order valence-corrected chi connectivity index (χ0v) is 11.1. The number of hydrogen-bond acceptors (Lipinski definition) is 4. The number of benzene rings is 1. The van der Waals surface area contributed by atoms with Gasteiger partial charge in [0, 0.05) is 9.92 Å². The van der Waals surface area contributed by atoms with Crippen molar-refractivity contribution in [2.24, 2.45) is 0 Å². The molecule has 0 atom stereocenters. The van der Waals surface area contributed by atoms with Crippen molar-refractivity contribution in [3.8, 4) is 0 Å². The Labute approximate surface area is 117 Å². The second-order valence-corrected chi connectivity index (χ2v) is 5.13. The molecule has 0 amide bonds. The molecule has 2 aromatic rings. The van der Waals surface area contributed by atoms with Crippen LogP contribution < -0.4 is 0 Å². The van der Waals surface area contributed by atoms with Gasteiger partial charge in [-0.25, -0.2) is 14.8 Å². The molecule has 1 N–H and O–H groups in total. The Morgan fingerprint density at radius 2 is 2.00 bits per heavy atom.